The van der Waals surface area contributed by atoms with Crippen molar-refractivity contribution in [3.8, 4) is 5.75 Å². The Bertz CT molecular complexity index is 1770. The van der Waals surface area contributed by atoms with E-state index in [4.69, 9.17) is 18.9 Å². The van der Waals surface area contributed by atoms with Crippen molar-refractivity contribution in [1.29, 1.82) is 0 Å². The topological polar surface area (TPSA) is 112 Å². The highest BCUT2D eigenvalue weighted by atomic mass is 19.4. The van der Waals surface area contributed by atoms with E-state index in [9.17, 15) is 49.1 Å². The largest absolute Gasteiger partial charge is 0.488 e. The minimum atomic E-state index is -5.10. The van der Waals surface area contributed by atoms with E-state index in [0.29, 0.717) is 37.8 Å². The Kier molecular flexibility index (Phi) is 14.8. The fraction of sp³-hybridized carbons (Fsp3) is 0.514. The van der Waals surface area contributed by atoms with Crippen molar-refractivity contribution in [2.45, 2.75) is 89.4 Å². The van der Waals surface area contributed by atoms with Crippen LogP contribution in [0.5, 0.6) is 5.75 Å². The first kappa shape index (κ1) is 43.9. The average Bonchev–Trinajstić information content (AvgIpc) is 3.12. The van der Waals surface area contributed by atoms with Crippen molar-refractivity contribution in [1.82, 2.24) is 9.97 Å². The first-order chi connectivity index (χ1) is 26.3. The third-order valence-electron chi connectivity index (χ3n) is 8.78. The normalized spacial score (nSPS) is 16.0. The third kappa shape index (κ3) is 11.8. The maximum Gasteiger partial charge on any atom is 0.416 e. The lowest BCUT2D eigenvalue weighted by Gasteiger charge is -2.40. The Morgan fingerprint density at radius 3 is 2.12 bits per heavy atom. The average molecular weight is 809 g/mol. The highest BCUT2D eigenvalue weighted by Crippen LogP contribution is 2.43. The molecule has 0 fully saturated rings. The summed E-state index contributed by atoms with van der Waals surface area (Å²) in [6.07, 6.45) is -13.1. The molecular weight excluding hydrogens is 767 g/mol. The number of ether oxygens (including phenoxy) is 4. The number of rotatable bonds is 16. The van der Waals surface area contributed by atoms with Crippen LogP contribution in [0.1, 0.15) is 91.9 Å². The minimum absolute atomic E-state index is 0.0000492. The second kappa shape index (κ2) is 18.9. The summed E-state index contributed by atoms with van der Waals surface area (Å²) in [5.74, 6) is -0.641. The second-order valence-electron chi connectivity index (χ2n) is 12.8. The number of methoxy groups -OCH3 is 1. The van der Waals surface area contributed by atoms with Gasteiger partial charge in [-0.25, -0.2) is 14.8 Å². The van der Waals surface area contributed by atoms with Gasteiger partial charge in [0.2, 0.25) is 5.95 Å². The molecule has 2 aromatic carbocycles. The van der Waals surface area contributed by atoms with Gasteiger partial charge in [-0.05, 0) is 86.6 Å². The highest BCUT2D eigenvalue weighted by Gasteiger charge is 2.40. The molecule has 0 radical (unpaired) electrons. The lowest BCUT2D eigenvalue weighted by atomic mass is 9.89. The summed E-state index contributed by atoms with van der Waals surface area (Å²) in [7, 11) is 1.38. The van der Waals surface area contributed by atoms with E-state index in [1.54, 1.807) is 13.8 Å². The number of alkyl halides is 9. The van der Waals surface area contributed by atoms with Crippen LogP contribution in [0.4, 0.5) is 55.9 Å². The Morgan fingerprint density at radius 2 is 1.52 bits per heavy atom. The van der Waals surface area contributed by atoms with E-state index in [0.717, 1.165) is 24.4 Å². The number of nitrogens with zero attached hydrogens (tertiary/aromatic N) is 3. The molecule has 0 spiro atoms. The molecule has 0 aliphatic carbocycles. The number of nitrogens with one attached hydrogen (secondary N) is 1. The summed E-state index contributed by atoms with van der Waals surface area (Å²) in [5.41, 5.74) is -4.44. The third-order valence-corrected chi connectivity index (χ3v) is 8.78. The van der Waals surface area contributed by atoms with E-state index in [1.165, 1.54) is 12.0 Å². The Labute approximate surface area is 316 Å². The molecule has 0 bridgehead atoms. The number of anilines is 2. The summed E-state index contributed by atoms with van der Waals surface area (Å²) in [5, 5.41) is 2.97. The van der Waals surface area contributed by atoms with Gasteiger partial charge in [-0.1, -0.05) is 6.92 Å². The summed E-state index contributed by atoms with van der Waals surface area (Å²) < 4.78 is 145. The summed E-state index contributed by atoms with van der Waals surface area (Å²) in [6, 6.07) is 2.41. The van der Waals surface area contributed by atoms with E-state index in [2.05, 4.69) is 15.3 Å². The molecule has 19 heteroatoms. The molecule has 0 unspecified atom stereocenters. The molecule has 56 heavy (non-hydrogen) atoms. The molecule has 0 saturated carbocycles. The quantitative estimate of drug-likeness (QED) is 0.0860. The lowest BCUT2D eigenvalue weighted by molar-refractivity contribution is -0.144. The summed E-state index contributed by atoms with van der Waals surface area (Å²) in [6.45, 7) is 3.68. The molecule has 3 aromatic rings. The monoisotopic (exact) mass is 808 g/mol. The number of amides is 1. The number of unbranched alkanes of at least 4 members (excludes halogenated alkanes) is 2. The van der Waals surface area contributed by atoms with E-state index < -0.39 is 65.4 Å². The summed E-state index contributed by atoms with van der Waals surface area (Å²) in [4.78, 5) is 34.8. The molecule has 0 saturated heterocycles. The number of carbonyl (C=O) groups is 2. The van der Waals surface area contributed by atoms with Gasteiger partial charge in [-0.3, -0.25) is 9.69 Å². The van der Waals surface area contributed by atoms with Crippen LogP contribution in [0.3, 0.4) is 0 Å². The van der Waals surface area contributed by atoms with Crippen molar-refractivity contribution in [3.05, 3.63) is 76.1 Å². The van der Waals surface area contributed by atoms with E-state index >= 15 is 0 Å². The standard InChI is InChI=1S/C37H41F9N4O6/c1-4-26-20-28(27-19-23(35(38,39)40)10-11-30(27)50(26)34(52)56-12-8-6-7-9-32(51)54-5-2)48-33-47-21-31(55-14-13-53-3)29(49-33)17-22-15-24(36(41,42)43)18-25(16-22)37(44,45)46/h10-11,15-16,18-19,21,26,28H,4-9,12-14,17,20H2,1-3H3,(H,47,48,49)/t26-,28+/m1/s1. The number of halogens is 9. The maximum atomic E-state index is 14.0. The molecule has 1 N–H and O–H groups in total. The van der Waals surface area contributed by atoms with Gasteiger partial charge in [-0.15, -0.1) is 0 Å². The molecule has 1 aromatic heterocycles. The zero-order valence-electron chi connectivity index (χ0n) is 30.7. The van der Waals surface area contributed by atoms with Crippen molar-refractivity contribution in [3.63, 3.8) is 0 Å². The van der Waals surface area contributed by atoms with Gasteiger partial charge >= 0.3 is 30.6 Å². The number of fused-ring (bicyclic) bond motifs is 1. The fourth-order valence-corrected chi connectivity index (χ4v) is 6.10. The summed E-state index contributed by atoms with van der Waals surface area (Å²) >= 11 is 0. The predicted molar refractivity (Wildman–Crippen MR) is 184 cm³/mol. The van der Waals surface area contributed by atoms with Crippen molar-refractivity contribution >= 4 is 23.7 Å². The molecule has 308 valence electrons. The SMILES string of the molecule is CCOC(=O)CCCCCOC(=O)N1c2ccc(C(F)(F)F)cc2[C@@H](Nc2ncc(OCCOC)c(Cc3cc(C(F)(F)F)cc(C(F)(F)F)c3)n2)C[C@H]1CC. The van der Waals surface area contributed by atoms with Gasteiger partial charge in [0.25, 0.3) is 0 Å². The Morgan fingerprint density at radius 1 is 0.839 bits per heavy atom. The Balaban J connectivity index is 1.66. The number of esters is 1. The highest BCUT2D eigenvalue weighted by molar-refractivity contribution is 5.90. The second-order valence-corrected chi connectivity index (χ2v) is 12.8. The van der Waals surface area contributed by atoms with Gasteiger partial charge in [0.05, 0.1) is 60.1 Å². The lowest BCUT2D eigenvalue weighted by Crippen LogP contribution is -2.46. The number of aromatic nitrogens is 2. The fourth-order valence-electron chi connectivity index (χ4n) is 6.10. The van der Waals surface area contributed by atoms with Gasteiger partial charge in [0.15, 0.2) is 5.75 Å². The van der Waals surface area contributed by atoms with Crippen molar-refractivity contribution in [2.24, 2.45) is 0 Å². The van der Waals surface area contributed by atoms with Gasteiger partial charge in [0, 0.05) is 26.0 Å². The van der Waals surface area contributed by atoms with Crippen LogP contribution in [-0.2, 0) is 44.0 Å². The Hall–Kier alpha value is -4.81. The minimum Gasteiger partial charge on any atom is -0.488 e. The molecule has 2 atom stereocenters. The molecule has 4 rings (SSSR count). The smallest absolute Gasteiger partial charge is 0.416 e. The van der Waals surface area contributed by atoms with Crippen molar-refractivity contribution in [2.75, 3.05) is 43.8 Å². The molecule has 2 heterocycles. The number of carbonyl (C=O) groups excluding carboxylic acids is 2. The first-order valence-corrected chi connectivity index (χ1v) is 17.7. The van der Waals surface area contributed by atoms with Gasteiger partial charge < -0.3 is 24.3 Å². The van der Waals surface area contributed by atoms with Gasteiger partial charge in [0.1, 0.15) is 6.61 Å². The van der Waals surface area contributed by atoms with Crippen LogP contribution < -0.4 is 15.0 Å². The number of hydrogen-bond donors (Lipinski definition) is 1. The zero-order chi connectivity index (χ0) is 41.3. The van der Waals surface area contributed by atoms with E-state index in [1.807, 2.05) is 0 Å². The molecule has 1 amide bonds. The predicted octanol–water partition coefficient (Wildman–Crippen LogP) is 9.55. The molecule has 1 aliphatic rings. The molecular formula is C37H41F9N4O6. The van der Waals surface area contributed by atoms with E-state index in [-0.39, 0.29) is 79.9 Å². The van der Waals surface area contributed by atoms with Crippen LogP contribution in [0.15, 0.2) is 42.6 Å². The van der Waals surface area contributed by atoms with Crippen molar-refractivity contribution < 1.29 is 68.1 Å². The van der Waals surface area contributed by atoms with Crippen LogP contribution in [0.25, 0.3) is 0 Å². The van der Waals surface area contributed by atoms with Crippen LogP contribution >= 0.6 is 0 Å². The molecule has 10 nitrogen and oxygen atoms in total. The van der Waals surface area contributed by atoms with Crippen LogP contribution in [0, 0.1) is 0 Å². The van der Waals surface area contributed by atoms with Gasteiger partial charge in [-0.2, -0.15) is 39.5 Å². The number of benzene rings is 2. The molecule has 1 aliphatic heterocycles. The van der Waals surface area contributed by atoms with Crippen LogP contribution in [-0.4, -0.2) is 61.6 Å². The first-order valence-electron chi connectivity index (χ1n) is 17.7. The zero-order valence-corrected chi connectivity index (χ0v) is 30.7. The maximum absolute atomic E-state index is 14.0. The number of hydrogen-bond acceptors (Lipinski definition) is 9. The van der Waals surface area contributed by atoms with Crippen LogP contribution in [0.2, 0.25) is 0 Å².